The predicted octanol–water partition coefficient (Wildman–Crippen LogP) is 3.17. The highest BCUT2D eigenvalue weighted by Gasteiger charge is 2.35. The average molecular weight is 448 g/mol. The predicted molar refractivity (Wildman–Crippen MR) is 102 cm³/mol. The van der Waals surface area contributed by atoms with Crippen molar-refractivity contribution in [2.75, 3.05) is 13.1 Å². The van der Waals surface area contributed by atoms with Gasteiger partial charge < -0.3 is 10.4 Å². The molecule has 0 bridgehead atoms. The van der Waals surface area contributed by atoms with Gasteiger partial charge in [-0.25, -0.2) is 8.42 Å². The van der Waals surface area contributed by atoms with Crippen molar-refractivity contribution in [3.05, 3.63) is 41.3 Å². The number of piperidine rings is 1. The van der Waals surface area contributed by atoms with Crippen molar-refractivity contribution in [1.82, 2.24) is 10.0 Å². The number of carboxylic acid groups (broad SMARTS) is 1. The van der Waals surface area contributed by atoms with Crippen molar-refractivity contribution in [2.45, 2.75) is 29.3 Å². The Hall–Kier alpha value is -1.95. The van der Waals surface area contributed by atoms with Crippen LogP contribution in [0, 0.1) is 5.92 Å². The second-order valence-corrected chi connectivity index (χ2v) is 9.55. The van der Waals surface area contributed by atoms with Crippen LogP contribution in [0.5, 0.6) is 0 Å². The summed E-state index contributed by atoms with van der Waals surface area (Å²) in [6.07, 6.45) is -3.45. The van der Waals surface area contributed by atoms with Gasteiger partial charge in [0.1, 0.15) is 10.3 Å². The fraction of sp³-hybridized carbons (Fsp3) is 0.389. The SMILES string of the molecule is O=C(O)[C@H](NS(=O)(=O)c1sccc1-c1ccc(C(F)(F)F)cc1)C1CCNCC1. The van der Waals surface area contributed by atoms with Crippen molar-refractivity contribution in [3.8, 4) is 11.1 Å². The van der Waals surface area contributed by atoms with Crippen LogP contribution in [0.1, 0.15) is 18.4 Å². The fourth-order valence-corrected chi connectivity index (χ4v) is 5.97. The molecule has 11 heteroatoms. The zero-order valence-corrected chi connectivity index (χ0v) is 16.7. The molecule has 0 spiro atoms. The lowest BCUT2D eigenvalue weighted by Gasteiger charge is -2.28. The van der Waals surface area contributed by atoms with E-state index in [1.165, 1.54) is 23.6 Å². The van der Waals surface area contributed by atoms with Crippen LogP contribution >= 0.6 is 11.3 Å². The third kappa shape index (κ3) is 4.97. The summed E-state index contributed by atoms with van der Waals surface area (Å²) < 4.78 is 66.3. The Kier molecular flexibility index (Phi) is 6.32. The van der Waals surface area contributed by atoms with Crippen molar-refractivity contribution in [2.24, 2.45) is 5.92 Å². The highest BCUT2D eigenvalue weighted by atomic mass is 32.2. The van der Waals surface area contributed by atoms with E-state index in [2.05, 4.69) is 10.0 Å². The number of carbonyl (C=O) groups is 1. The van der Waals surface area contributed by atoms with Crippen molar-refractivity contribution in [3.63, 3.8) is 0 Å². The summed E-state index contributed by atoms with van der Waals surface area (Å²) in [6, 6.07) is 4.38. The summed E-state index contributed by atoms with van der Waals surface area (Å²) in [5.74, 6) is -1.61. The third-order valence-electron chi connectivity index (χ3n) is 4.80. The average Bonchev–Trinajstić information content (AvgIpc) is 3.17. The topological polar surface area (TPSA) is 95.5 Å². The molecule has 0 saturated carbocycles. The van der Waals surface area contributed by atoms with Gasteiger partial charge >= 0.3 is 12.1 Å². The van der Waals surface area contributed by atoms with Gasteiger partial charge in [0.15, 0.2) is 0 Å². The molecule has 0 aliphatic carbocycles. The second kappa shape index (κ2) is 8.42. The Balaban J connectivity index is 1.88. The van der Waals surface area contributed by atoms with E-state index in [9.17, 15) is 31.5 Å². The Labute approximate surface area is 169 Å². The molecule has 1 aliphatic rings. The fourth-order valence-electron chi connectivity index (χ4n) is 3.30. The van der Waals surface area contributed by atoms with Crippen LogP contribution in [0.2, 0.25) is 0 Å². The molecular weight excluding hydrogens is 429 g/mol. The summed E-state index contributed by atoms with van der Waals surface area (Å²) in [5.41, 5.74) is -0.310. The first-order valence-electron chi connectivity index (χ1n) is 8.80. The molecule has 1 aliphatic heterocycles. The molecule has 0 unspecified atom stereocenters. The minimum Gasteiger partial charge on any atom is -0.480 e. The minimum absolute atomic E-state index is 0.127. The van der Waals surface area contributed by atoms with E-state index >= 15 is 0 Å². The maximum atomic E-state index is 12.9. The lowest BCUT2D eigenvalue weighted by molar-refractivity contribution is -0.140. The smallest absolute Gasteiger partial charge is 0.416 e. The number of hydrogen-bond acceptors (Lipinski definition) is 5. The molecule has 0 amide bonds. The molecule has 1 atom stereocenters. The van der Waals surface area contributed by atoms with Gasteiger partial charge in [-0.2, -0.15) is 17.9 Å². The summed E-state index contributed by atoms with van der Waals surface area (Å²) >= 11 is 0.883. The number of alkyl halides is 3. The van der Waals surface area contributed by atoms with E-state index in [0.29, 0.717) is 31.5 Å². The number of rotatable bonds is 6. The van der Waals surface area contributed by atoms with Gasteiger partial charge in [-0.1, -0.05) is 12.1 Å². The maximum Gasteiger partial charge on any atom is 0.416 e. The molecular formula is C18H19F3N2O4S2. The molecule has 3 N–H and O–H groups in total. The first-order chi connectivity index (χ1) is 13.6. The normalized spacial score (nSPS) is 17.2. The molecule has 158 valence electrons. The Morgan fingerprint density at radius 3 is 2.34 bits per heavy atom. The Morgan fingerprint density at radius 1 is 1.17 bits per heavy atom. The highest BCUT2D eigenvalue weighted by Crippen LogP contribution is 2.35. The van der Waals surface area contributed by atoms with Gasteiger partial charge in [0, 0.05) is 5.56 Å². The first-order valence-corrected chi connectivity index (χ1v) is 11.2. The summed E-state index contributed by atoms with van der Waals surface area (Å²) in [7, 11) is -4.18. The summed E-state index contributed by atoms with van der Waals surface area (Å²) in [5, 5.41) is 14.1. The molecule has 0 radical (unpaired) electrons. The number of aliphatic carboxylic acids is 1. The number of halogens is 3. The molecule has 1 aromatic heterocycles. The standard InChI is InChI=1S/C18H19F3N2O4S2/c19-18(20,21)13-3-1-11(2-4-13)14-7-10-28-17(14)29(26,27)23-15(16(24)25)12-5-8-22-9-6-12/h1-4,7,10,12,15,22-23H,5-6,8-9H2,(H,24,25)/t15-/m1/s1. The van der Waals surface area contributed by atoms with Crippen LogP contribution in [-0.4, -0.2) is 38.6 Å². The highest BCUT2D eigenvalue weighted by molar-refractivity contribution is 7.91. The zero-order valence-electron chi connectivity index (χ0n) is 15.1. The molecule has 2 aromatic rings. The van der Waals surface area contributed by atoms with Crippen LogP contribution in [0.15, 0.2) is 39.9 Å². The van der Waals surface area contributed by atoms with E-state index in [1.54, 1.807) is 0 Å². The molecule has 1 saturated heterocycles. The number of nitrogens with one attached hydrogen (secondary N) is 2. The first kappa shape index (κ1) is 21.8. The number of benzene rings is 1. The zero-order chi connectivity index (χ0) is 21.2. The summed E-state index contributed by atoms with van der Waals surface area (Å²) in [6.45, 7) is 1.21. The Morgan fingerprint density at radius 2 is 1.79 bits per heavy atom. The van der Waals surface area contributed by atoms with Gasteiger partial charge in [0.25, 0.3) is 10.0 Å². The van der Waals surface area contributed by atoms with E-state index in [0.717, 1.165) is 23.5 Å². The van der Waals surface area contributed by atoms with Crippen LogP contribution < -0.4 is 10.0 Å². The maximum absolute atomic E-state index is 12.9. The Bertz CT molecular complexity index is 966. The number of sulfonamides is 1. The van der Waals surface area contributed by atoms with Gasteiger partial charge in [0.05, 0.1) is 5.56 Å². The number of carboxylic acids is 1. The molecule has 1 aromatic carbocycles. The van der Waals surface area contributed by atoms with E-state index in [-0.39, 0.29) is 15.7 Å². The van der Waals surface area contributed by atoms with Gasteiger partial charge in [-0.05, 0) is 61.0 Å². The summed E-state index contributed by atoms with van der Waals surface area (Å²) in [4.78, 5) is 11.7. The van der Waals surface area contributed by atoms with Gasteiger partial charge in [-0.15, -0.1) is 11.3 Å². The quantitative estimate of drug-likeness (QED) is 0.631. The van der Waals surface area contributed by atoms with E-state index in [1.807, 2.05) is 0 Å². The van der Waals surface area contributed by atoms with Gasteiger partial charge in [0.2, 0.25) is 0 Å². The number of hydrogen-bond donors (Lipinski definition) is 3. The van der Waals surface area contributed by atoms with Crippen molar-refractivity contribution < 1.29 is 31.5 Å². The molecule has 29 heavy (non-hydrogen) atoms. The molecule has 3 rings (SSSR count). The minimum atomic E-state index is -4.49. The molecule has 6 nitrogen and oxygen atoms in total. The van der Waals surface area contributed by atoms with Crippen LogP contribution in [0.4, 0.5) is 13.2 Å². The monoisotopic (exact) mass is 448 g/mol. The van der Waals surface area contributed by atoms with Crippen molar-refractivity contribution in [1.29, 1.82) is 0 Å². The molecule has 2 heterocycles. The van der Waals surface area contributed by atoms with Gasteiger partial charge in [-0.3, -0.25) is 4.79 Å². The van der Waals surface area contributed by atoms with Crippen LogP contribution in [0.3, 0.4) is 0 Å². The third-order valence-corrected chi connectivity index (χ3v) is 7.73. The van der Waals surface area contributed by atoms with E-state index < -0.39 is 33.8 Å². The lowest BCUT2D eigenvalue weighted by Crippen LogP contribution is -2.48. The number of thiophene rings is 1. The lowest BCUT2D eigenvalue weighted by atomic mass is 9.91. The van der Waals surface area contributed by atoms with Crippen LogP contribution in [-0.2, 0) is 21.0 Å². The molecule has 1 fully saturated rings. The second-order valence-electron chi connectivity index (χ2n) is 6.72. The largest absolute Gasteiger partial charge is 0.480 e. The van der Waals surface area contributed by atoms with E-state index in [4.69, 9.17) is 0 Å². The van der Waals surface area contributed by atoms with Crippen LogP contribution in [0.25, 0.3) is 11.1 Å². The van der Waals surface area contributed by atoms with Crippen molar-refractivity contribution >= 4 is 27.3 Å².